The van der Waals surface area contributed by atoms with Gasteiger partial charge in [-0.15, -0.1) is 0 Å². The molecule has 1 aromatic rings. The zero-order valence-electron chi connectivity index (χ0n) is 11.8. The monoisotopic (exact) mass is 247 g/mol. The van der Waals surface area contributed by atoms with Crippen LogP contribution < -0.4 is 5.32 Å². The van der Waals surface area contributed by atoms with Crippen LogP contribution in [0.15, 0.2) is 24.3 Å². The van der Waals surface area contributed by atoms with Gasteiger partial charge in [-0.3, -0.25) is 4.90 Å². The van der Waals surface area contributed by atoms with E-state index in [0.717, 1.165) is 6.54 Å². The van der Waals surface area contributed by atoms with Crippen molar-refractivity contribution in [3.8, 4) is 0 Å². The Labute approximate surface area is 111 Å². The molecular formula is C15H25N3. The first-order valence-electron chi connectivity index (χ1n) is 6.84. The fourth-order valence-corrected chi connectivity index (χ4v) is 2.69. The first-order chi connectivity index (χ1) is 8.69. The number of nitrogens with one attached hydrogen (secondary N) is 1. The van der Waals surface area contributed by atoms with Gasteiger partial charge in [0, 0.05) is 31.9 Å². The third-order valence-electron chi connectivity index (χ3n) is 3.90. The van der Waals surface area contributed by atoms with E-state index in [4.69, 9.17) is 0 Å². The molecule has 1 aromatic carbocycles. The molecule has 18 heavy (non-hydrogen) atoms. The standard InChI is InChI=1S/C15H25N3/c1-16-14-8-6-13(7-9-14)11-18(3)15-5-4-10-17(2)12-15/h6-9,15-16H,4-5,10-12H2,1-3H3. The molecule has 1 fully saturated rings. The Morgan fingerprint density at radius 1 is 1.33 bits per heavy atom. The molecular weight excluding hydrogens is 222 g/mol. The maximum Gasteiger partial charge on any atom is 0.0337 e. The predicted octanol–water partition coefficient (Wildman–Crippen LogP) is 2.25. The number of hydrogen-bond acceptors (Lipinski definition) is 3. The van der Waals surface area contributed by atoms with Crippen molar-refractivity contribution in [1.82, 2.24) is 9.80 Å². The predicted molar refractivity (Wildman–Crippen MR) is 78.0 cm³/mol. The van der Waals surface area contributed by atoms with Crippen LogP contribution in [0.4, 0.5) is 5.69 Å². The SMILES string of the molecule is CNc1ccc(CN(C)C2CCCN(C)C2)cc1. The van der Waals surface area contributed by atoms with Crippen LogP contribution in [-0.4, -0.2) is 50.1 Å². The van der Waals surface area contributed by atoms with Crippen molar-refractivity contribution in [2.45, 2.75) is 25.4 Å². The van der Waals surface area contributed by atoms with Gasteiger partial charge in [-0.05, 0) is 51.2 Å². The summed E-state index contributed by atoms with van der Waals surface area (Å²) in [5, 5.41) is 3.16. The highest BCUT2D eigenvalue weighted by Gasteiger charge is 2.20. The highest BCUT2D eigenvalue weighted by Crippen LogP contribution is 2.17. The molecule has 3 heteroatoms. The molecule has 0 spiro atoms. The number of rotatable bonds is 4. The van der Waals surface area contributed by atoms with E-state index in [9.17, 15) is 0 Å². The molecule has 0 bridgehead atoms. The Hall–Kier alpha value is -1.06. The van der Waals surface area contributed by atoms with Crippen molar-refractivity contribution in [3.05, 3.63) is 29.8 Å². The molecule has 0 aromatic heterocycles. The first-order valence-corrected chi connectivity index (χ1v) is 6.84. The van der Waals surface area contributed by atoms with E-state index in [1.165, 1.54) is 37.2 Å². The zero-order chi connectivity index (χ0) is 13.0. The van der Waals surface area contributed by atoms with E-state index < -0.39 is 0 Å². The topological polar surface area (TPSA) is 18.5 Å². The molecule has 1 aliphatic heterocycles. The minimum absolute atomic E-state index is 0.702. The highest BCUT2D eigenvalue weighted by molar-refractivity contribution is 5.43. The lowest BCUT2D eigenvalue weighted by molar-refractivity contribution is 0.129. The fraction of sp³-hybridized carbons (Fsp3) is 0.600. The largest absolute Gasteiger partial charge is 0.388 e. The van der Waals surface area contributed by atoms with E-state index in [0.29, 0.717) is 6.04 Å². The number of benzene rings is 1. The summed E-state index contributed by atoms with van der Waals surface area (Å²) < 4.78 is 0. The fourth-order valence-electron chi connectivity index (χ4n) is 2.69. The van der Waals surface area contributed by atoms with Crippen LogP contribution in [-0.2, 0) is 6.54 Å². The van der Waals surface area contributed by atoms with Gasteiger partial charge in [-0.2, -0.15) is 0 Å². The van der Waals surface area contributed by atoms with Crippen LogP contribution in [0.3, 0.4) is 0 Å². The Kier molecular flexibility index (Phi) is 4.61. The van der Waals surface area contributed by atoms with Gasteiger partial charge in [0.1, 0.15) is 0 Å². The van der Waals surface area contributed by atoms with Crippen molar-refractivity contribution in [2.75, 3.05) is 39.5 Å². The molecule has 1 unspecified atom stereocenters. The summed E-state index contributed by atoms with van der Waals surface area (Å²) in [6, 6.07) is 9.43. The van der Waals surface area contributed by atoms with Gasteiger partial charge >= 0.3 is 0 Å². The average Bonchev–Trinajstić information content (AvgIpc) is 2.39. The molecule has 1 N–H and O–H groups in total. The van der Waals surface area contributed by atoms with Gasteiger partial charge in [0.25, 0.3) is 0 Å². The second-order valence-electron chi connectivity index (χ2n) is 5.42. The van der Waals surface area contributed by atoms with Crippen LogP contribution in [0.25, 0.3) is 0 Å². The molecule has 0 aliphatic carbocycles. The zero-order valence-corrected chi connectivity index (χ0v) is 11.8. The lowest BCUT2D eigenvalue weighted by Gasteiger charge is -2.35. The van der Waals surface area contributed by atoms with Gasteiger partial charge < -0.3 is 10.2 Å². The Balaban J connectivity index is 1.91. The Morgan fingerprint density at radius 3 is 2.67 bits per heavy atom. The van der Waals surface area contributed by atoms with Crippen LogP contribution in [0.5, 0.6) is 0 Å². The van der Waals surface area contributed by atoms with Crippen molar-refractivity contribution >= 4 is 5.69 Å². The molecule has 1 saturated heterocycles. The lowest BCUT2D eigenvalue weighted by Crippen LogP contribution is -2.44. The van der Waals surface area contributed by atoms with Gasteiger partial charge in [-0.1, -0.05) is 12.1 Å². The van der Waals surface area contributed by atoms with Crippen molar-refractivity contribution in [1.29, 1.82) is 0 Å². The van der Waals surface area contributed by atoms with E-state index in [2.05, 4.69) is 53.5 Å². The maximum atomic E-state index is 3.16. The molecule has 0 saturated carbocycles. The number of hydrogen-bond donors (Lipinski definition) is 1. The van der Waals surface area contributed by atoms with Gasteiger partial charge in [0.2, 0.25) is 0 Å². The highest BCUT2D eigenvalue weighted by atomic mass is 15.2. The second kappa shape index (κ2) is 6.21. The molecule has 1 aliphatic rings. The molecule has 2 rings (SSSR count). The average molecular weight is 247 g/mol. The molecule has 0 radical (unpaired) electrons. The number of likely N-dealkylation sites (N-methyl/N-ethyl adjacent to an activating group) is 2. The minimum Gasteiger partial charge on any atom is -0.388 e. The van der Waals surface area contributed by atoms with Crippen molar-refractivity contribution < 1.29 is 0 Å². The first kappa shape index (κ1) is 13.4. The molecule has 1 heterocycles. The number of anilines is 1. The molecule has 0 amide bonds. The van der Waals surface area contributed by atoms with E-state index in [1.807, 2.05) is 7.05 Å². The number of piperidine rings is 1. The normalized spacial score (nSPS) is 21.2. The minimum atomic E-state index is 0.702. The quantitative estimate of drug-likeness (QED) is 0.880. The smallest absolute Gasteiger partial charge is 0.0337 e. The van der Waals surface area contributed by atoms with Gasteiger partial charge in [-0.25, -0.2) is 0 Å². The van der Waals surface area contributed by atoms with Crippen molar-refractivity contribution in [3.63, 3.8) is 0 Å². The van der Waals surface area contributed by atoms with E-state index >= 15 is 0 Å². The maximum absolute atomic E-state index is 3.16. The van der Waals surface area contributed by atoms with Crippen LogP contribution in [0, 0.1) is 0 Å². The lowest BCUT2D eigenvalue weighted by atomic mass is 10.0. The summed E-state index contributed by atoms with van der Waals surface area (Å²) in [5.41, 5.74) is 2.57. The summed E-state index contributed by atoms with van der Waals surface area (Å²) in [5.74, 6) is 0. The summed E-state index contributed by atoms with van der Waals surface area (Å²) in [4.78, 5) is 4.93. The Morgan fingerprint density at radius 2 is 2.06 bits per heavy atom. The van der Waals surface area contributed by atoms with Gasteiger partial charge in [0.05, 0.1) is 0 Å². The van der Waals surface area contributed by atoms with E-state index in [-0.39, 0.29) is 0 Å². The summed E-state index contributed by atoms with van der Waals surface area (Å²) >= 11 is 0. The molecule has 1 atom stereocenters. The summed E-state index contributed by atoms with van der Waals surface area (Å²) in [7, 11) is 6.43. The molecule has 100 valence electrons. The van der Waals surface area contributed by atoms with Crippen molar-refractivity contribution in [2.24, 2.45) is 0 Å². The van der Waals surface area contributed by atoms with E-state index in [1.54, 1.807) is 0 Å². The van der Waals surface area contributed by atoms with Gasteiger partial charge in [0.15, 0.2) is 0 Å². The second-order valence-corrected chi connectivity index (χ2v) is 5.42. The number of likely N-dealkylation sites (tertiary alicyclic amines) is 1. The summed E-state index contributed by atoms with van der Waals surface area (Å²) in [6.45, 7) is 3.49. The summed E-state index contributed by atoms with van der Waals surface area (Å²) in [6.07, 6.45) is 2.65. The number of nitrogens with zero attached hydrogens (tertiary/aromatic N) is 2. The van der Waals surface area contributed by atoms with Crippen LogP contribution >= 0.6 is 0 Å². The third-order valence-corrected chi connectivity index (χ3v) is 3.90. The van der Waals surface area contributed by atoms with Crippen LogP contribution in [0.2, 0.25) is 0 Å². The Bertz CT molecular complexity index is 361. The van der Waals surface area contributed by atoms with Crippen LogP contribution in [0.1, 0.15) is 18.4 Å². The molecule has 3 nitrogen and oxygen atoms in total. The third kappa shape index (κ3) is 3.47.